The Kier molecular flexibility index (Phi) is 3.99. The molecule has 22 heavy (non-hydrogen) atoms. The summed E-state index contributed by atoms with van der Waals surface area (Å²) >= 11 is 3.37. The van der Waals surface area contributed by atoms with Crippen molar-refractivity contribution in [3.8, 4) is 11.5 Å². The standard InChI is InChI=1S/C15H16BrNO5/c16-10-6-9(7-11-13(10)22-5-4-21-11)14(20)17-15(2-1-3-15)8-12(18)19/h6-7H,1-5,8H2,(H,17,20)(H,18,19). The summed E-state index contributed by atoms with van der Waals surface area (Å²) in [5, 5.41) is 11.9. The van der Waals surface area contributed by atoms with Crippen molar-refractivity contribution < 1.29 is 24.2 Å². The second-order valence-corrected chi connectivity index (χ2v) is 6.50. The minimum absolute atomic E-state index is 0.0511. The first kappa shape index (κ1) is 15.1. The molecule has 6 nitrogen and oxygen atoms in total. The molecule has 1 aromatic rings. The van der Waals surface area contributed by atoms with E-state index in [4.69, 9.17) is 14.6 Å². The third-order valence-corrected chi connectivity index (χ3v) is 4.63. The fourth-order valence-corrected chi connectivity index (χ4v) is 3.35. The number of halogens is 1. The highest BCUT2D eigenvalue weighted by atomic mass is 79.9. The smallest absolute Gasteiger partial charge is 0.305 e. The normalized spacial score (nSPS) is 18.2. The highest BCUT2D eigenvalue weighted by molar-refractivity contribution is 9.10. The molecule has 0 saturated heterocycles. The molecule has 118 valence electrons. The Bertz CT molecular complexity index is 627. The highest BCUT2D eigenvalue weighted by Gasteiger charge is 2.40. The number of aliphatic carboxylic acids is 1. The molecule has 2 aliphatic rings. The minimum Gasteiger partial charge on any atom is -0.486 e. The molecule has 2 N–H and O–H groups in total. The second-order valence-electron chi connectivity index (χ2n) is 5.64. The Balaban J connectivity index is 1.80. The molecule has 0 aromatic heterocycles. The zero-order valence-corrected chi connectivity index (χ0v) is 13.4. The summed E-state index contributed by atoms with van der Waals surface area (Å²) in [5.74, 6) is -0.0830. The molecule has 0 atom stereocenters. The number of carboxylic acids is 1. The number of carbonyl (C=O) groups excluding carboxylic acids is 1. The number of hydrogen-bond donors (Lipinski definition) is 2. The molecule has 1 aliphatic carbocycles. The van der Waals surface area contributed by atoms with Gasteiger partial charge in [-0.2, -0.15) is 0 Å². The number of fused-ring (bicyclic) bond motifs is 1. The third kappa shape index (κ3) is 2.90. The Labute approximate surface area is 135 Å². The Morgan fingerprint density at radius 3 is 2.64 bits per heavy atom. The van der Waals surface area contributed by atoms with E-state index in [9.17, 15) is 9.59 Å². The quantitative estimate of drug-likeness (QED) is 0.850. The molecule has 1 heterocycles. The van der Waals surface area contributed by atoms with Crippen LogP contribution in [0.2, 0.25) is 0 Å². The molecule has 7 heteroatoms. The van der Waals surface area contributed by atoms with Crippen molar-refractivity contribution >= 4 is 27.8 Å². The van der Waals surface area contributed by atoms with Gasteiger partial charge in [-0.1, -0.05) is 0 Å². The van der Waals surface area contributed by atoms with Crippen LogP contribution in [0.3, 0.4) is 0 Å². The summed E-state index contributed by atoms with van der Waals surface area (Å²) in [6, 6.07) is 3.29. The van der Waals surface area contributed by atoms with Gasteiger partial charge in [0.15, 0.2) is 11.5 Å². The molecule has 1 amide bonds. The number of nitrogens with one attached hydrogen (secondary N) is 1. The highest BCUT2D eigenvalue weighted by Crippen LogP contribution is 2.39. The Morgan fingerprint density at radius 1 is 1.27 bits per heavy atom. The van der Waals surface area contributed by atoms with Crippen LogP contribution in [0.15, 0.2) is 16.6 Å². The van der Waals surface area contributed by atoms with Gasteiger partial charge in [0, 0.05) is 5.56 Å². The van der Waals surface area contributed by atoms with Gasteiger partial charge in [0.1, 0.15) is 13.2 Å². The van der Waals surface area contributed by atoms with Crippen LogP contribution >= 0.6 is 15.9 Å². The minimum atomic E-state index is -0.900. The largest absolute Gasteiger partial charge is 0.486 e. The van der Waals surface area contributed by atoms with Crippen LogP contribution in [-0.2, 0) is 4.79 Å². The number of ether oxygens (including phenoxy) is 2. The van der Waals surface area contributed by atoms with Crippen molar-refractivity contribution in [1.82, 2.24) is 5.32 Å². The molecule has 0 radical (unpaired) electrons. The van der Waals surface area contributed by atoms with E-state index in [1.165, 1.54) is 0 Å². The number of hydrogen-bond acceptors (Lipinski definition) is 4. The number of carboxylic acid groups (broad SMARTS) is 1. The molecule has 1 aromatic carbocycles. The van der Waals surface area contributed by atoms with Crippen molar-refractivity contribution in [3.05, 3.63) is 22.2 Å². The zero-order chi connectivity index (χ0) is 15.7. The first-order chi connectivity index (χ1) is 10.5. The topological polar surface area (TPSA) is 84.9 Å². The summed E-state index contributed by atoms with van der Waals surface area (Å²) in [6.07, 6.45) is 2.26. The summed E-state index contributed by atoms with van der Waals surface area (Å²) in [4.78, 5) is 23.4. The summed E-state index contributed by atoms with van der Waals surface area (Å²) in [6.45, 7) is 0.909. The lowest BCUT2D eigenvalue weighted by atomic mass is 9.74. The van der Waals surface area contributed by atoms with Crippen molar-refractivity contribution in [1.29, 1.82) is 0 Å². The number of benzene rings is 1. The van der Waals surface area contributed by atoms with Crippen molar-refractivity contribution in [2.75, 3.05) is 13.2 Å². The molecule has 3 rings (SSSR count). The monoisotopic (exact) mass is 369 g/mol. The molecular weight excluding hydrogens is 354 g/mol. The fourth-order valence-electron chi connectivity index (χ4n) is 2.79. The van der Waals surface area contributed by atoms with E-state index in [-0.39, 0.29) is 12.3 Å². The summed E-state index contributed by atoms with van der Waals surface area (Å²) in [7, 11) is 0. The molecule has 0 bridgehead atoms. The van der Waals surface area contributed by atoms with Crippen LogP contribution in [0.5, 0.6) is 11.5 Å². The van der Waals surface area contributed by atoms with E-state index in [0.717, 1.165) is 6.42 Å². The lowest BCUT2D eigenvalue weighted by molar-refractivity contribution is -0.139. The van der Waals surface area contributed by atoms with E-state index in [1.54, 1.807) is 12.1 Å². The first-order valence-corrected chi connectivity index (χ1v) is 7.92. The van der Waals surface area contributed by atoms with Gasteiger partial charge < -0.3 is 19.9 Å². The lowest BCUT2D eigenvalue weighted by Crippen LogP contribution is -2.54. The van der Waals surface area contributed by atoms with Crippen LogP contribution in [0.25, 0.3) is 0 Å². The number of amides is 1. The summed E-state index contributed by atoms with van der Waals surface area (Å²) in [5.41, 5.74) is -0.198. The maximum Gasteiger partial charge on any atom is 0.305 e. The maximum absolute atomic E-state index is 12.5. The van der Waals surface area contributed by atoms with Gasteiger partial charge in [0.05, 0.1) is 16.4 Å². The van der Waals surface area contributed by atoms with E-state index < -0.39 is 11.5 Å². The van der Waals surface area contributed by atoms with E-state index in [0.29, 0.717) is 47.6 Å². The van der Waals surface area contributed by atoms with Gasteiger partial charge in [-0.15, -0.1) is 0 Å². The average molecular weight is 370 g/mol. The predicted octanol–water partition coefficient (Wildman–Crippen LogP) is 2.35. The molecule has 0 spiro atoms. The van der Waals surface area contributed by atoms with E-state index in [2.05, 4.69) is 21.2 Å². The van der Waals surface area contributed by atoms with Crippen molar-refractivity contribution in [2.45, 2.75) is 31.2 Å². The van der Waals surface area contributed by atoms with Gasteiger partial charge in [-0.25, -0.2) is 0 Å². The number of rotatable bonds is 4. The molecule has 0 unspecified atom stereocenters. The van der Waals surface area contributed by atoms with Crippen molar-refractivity contribution in [3.63, 3.8) is 0 Å². The SMILES string of the molecule is O=C(O)CC1(NC(=O)c2cc(Br)c3c(c2)OCCO3)CCC1. The van der Waals surface area contributed by atoms with E-state index >= 15 is 0 Å². The van der Waals surface area contributed by atoms with Crippen LogP contribution < -0.4 is 14.8 Å². The van der Waals surface area contributed by atoms with Crippen molar-refractivity contribution in [2.24, 2.45) is 0 Å². The predicted molar refractivity (Wildman–Crippen MR) is 81.4 cm³/mol. The Hall–Kier alpha value is -1.76. The lowest BCUT2D eigenvalue weighted by Gasteiger charge is -2.41. The maximum atomic E-state index is 12.5. The average Bonchev–Trinajstić information content (AvgIpc) is 2.44. The third-order valence-electron chi connectivity index (χ3n) is 4.04. The zero-order valence-electron chi connectivity index (χ0n) is 11.9. The van der Waals surface area contributed by atoms with Crippen LogP contribution in [0.1, 0.15) is 36.0 Å². The molecule has 1 aliphatic heterocycles. The van der Waals surface area contributed by atoms with Gasteiger partial charge >= 0.3 is 5.97 Å². The Morgan fingerprint density at radius 2 is 2.00 bits per heavy atom. The molecule has 1 saturated carbocycles. The van der Waals surface area contributed by atoms with Crippen LogP contribution in [-0.4, -0.2) is 35.7 Å². The van der Waals surface area contributed by atoms with Crippen LogP contribution in [0.4, 0.5) is 0 Å². The second kappa shape index (κ2) is 5.79. The van der Waals surface area contributed by atoms with Gasteiger partial charge in [0.2, 0.25) is 0 Å². The fraction of sp³-hybridized carbons (Fsp3) is 0.467. The molecular formula is C15H16BrNO5. The molecule has 1 fully saturated rings. The van der Waals surface area contributed by atoms with E-state index in [1.807, 2.05) is 0 Å². The van der Waals surface area contributed by atoms with Gasteiger partial charge in [-0.3, -0.25) is 9.59 Å². The van der Waals surface area contributed by atoms with Crippen LogP contribution in [0, 0.1) is 0 Å². The summed E-state index contributed by atoms with van der Waals surface area (Å²) < 4.78 is 11.6. The first-order valence-electron chi connectivity index (χ1n) is 7.13. The van der Waals surface area contributed by atoms with Gasteiger partial charge in [0.25, 0.3) is 5.91 Å². The van der Waals surface area contributed by atoms with Gasteiger partial charge in [-0.05, 0) is 47.3 Å². The number of carbonyl (C=O) groups is 2.